The SMILES string of the molecule is CC(CC(=O)Nc1cc(Cl)ccc1Cl)c1ccc(N)cc1. The molecule has 1 atom stereocenters. The Labute approximate surface area is 134 Å². The first-order valence-electron chi connectivity index (χ1n) is 6.56. The van der Waals surface area contributed by atoms with Gasteiger partial charge in [0.05, 0.1) is 10.7 Å². The summed E-state index contributed by atoms with van der Waals surface area (Å²) in [5, 5.41) is 3.78. The van der Waals surface area contributed by atoms with Crippen LogP contribution in [0.5, 0.6) is 0 Å². The minimum atomic E-state index is -0.108. The molecule has 0 heterocycles. The van der Waals surface area contributed by atoms with Gasteiger partial charge in [-0.15, -0.1) is 0 Å². The second-order valence-corrected chi connectivity index (χ2v) is 5.79. The number of nitrogens with two attached hydrogens (primary N) is 1. The predicted octanol–water partition coefficient (Wildman–Crippen LogP) is 4.71. The molecule has 0 spiro atoms. The van der Waals surface area contributed by atoms with Gasteiger partial charge in [-0.25, -0.2) is 0 Å². The smallest absolute Gasteiger partial charge is 0.225 e. The first-order chi connectivity index (χ1) is 9.95. The molecule has 2 aromatic carbocycles. The largest absolute Gasteiger partial charge is 0.399 e. The van der Waals surface area contributed by atoms with Gasteiger partial charge in [0.25, 0.3) is 0 Å². The molecule has 0 aliphatic carbocycles. The van der Waals surface area contributed by atoms with Gasteiger partial charge in [-0.3, -0.25) is 4.79 Å². The van der Waals surface area contributed by atoms with Crippen LogP contribution >= 0.6 is 23.2 Å². The lowest BCUT2D eigenvalue weighted by Crippen LogP contribution is -2.14. The van der Waals surface area contributed by atoms with Gasteiger partial charge in [0, 0.05) is 17.1 Å². The zero-order valence-electron chi connectivity index (χ0n) is 11.6. The van der Waals surface area contributed by atoms with Gasteiger partial charge >= 0.3 is 0 Å². The number of hydrogen-bond donors (Lipinski definition) is 2. The Morgan fingerprint density at radius 2 is 1.86 bits per heavy atom. The number of halogens is 2. The zero-order chi connectivity index (χ0) is 15.4. The van der Waals surface area contributed by atoms with E-state index in [2.05, 4.69) is 5.32 Å². The Bertz CT molecular complexity index is 641. The summed E-state index contributed by atoms with van der Waals surface area (Å²) in [7, 11) is 0. The molecule has 3 nitrogen and oxygen atoms in total. The van der Waals surface area contributed by atoms with Gasteiger partial charge in [0.15, 0.2) is 0 Å². The normalized spacial score (nSPS) is 12.0. The van der Waals surface area contributed by atoms with E-state index < -0.39 is 0 Å². The second kappa shape index (κ2) is 6.83. The Hall–Kier alpha value is -1.71. The molecule has 5 heteroatoms. The van der Waals surface area contributed by atoms with Crippen molar-refractivity contribution < 1.29 is 4.79 Å². The fourth-order valence-corrected chi connectivity index (χ4v) is 2.35. The Kier molecular flexibility index (Phi) is 5.10. The number of anilines is 2. The third-order valence-corrected chi connectivity index (χ3v) is 3.76. The average Bonchev–Trinajstić information content (AvgIpc) is 2.43. The molecule has 1 amide bonds. The van der Waals surface area contributed by atoms with E-state index in [0.717, 1.165) is 5.56 Å². The zero-order valence-corrected chi connectivity index (χ0v) is 13.1. The van der Waals surface area contributed by atoms with Crippen molar-refractivity contribution in [3.63, 3.8) is 0 Å². The van der Waals surface area contributed by atoms with Crippen LogP contribution in [0.4, 0.5) is 11.4 Å². The molecule has 0 aliphatic heterocycles. The van der Waals surface area contributed by atoms with Crippen molar-refractivity contribution in [3.05, 3.63) is 58.1 Å². The number of amides is 1. The summed E-state index contributed by atoms with van der Waals surface area (Å²) in [6.45, 7) is 1.99. The molecule has 0 bridgehead atoms. The lowest BCUT2D eigenvalue weighted by Gasteiger charge is -2.13. The minimum absolute atomic E-state index is 0.0866. The summed E-state index contributed by atoms with van der Waals surface area (Å²) in [5.74, 6) is -0.0212. The van der Waals surface area contributed by atoms with Crippen molar-refractivity contribution >= 4 is 40.5 Å². The van der Waals surface area contributed by atoms with Crippen molar-refractivity contribution in [1.29, 1.82) is 0 Å². The van der Waals surface area contributed by atoms with Crippen LogP contribution in [-0.2, 0) is 4.79 Å². The number of benzene rings is 2. The van der Waals surface area contributed by atoms with Crippen molar-refractivity contribution in [2.45, 2.75) is 19.3 Å². The molecule has 0 aromatic heterocycles. The Morgan fingerprint density at radius 3 is 2.52 bits per heavy atom. The third-order valence-electron chi connectivity index (χ3n) is 3.20. The Morgan fingerprint density at radius 1 is 1.19 bits per heavy atom. The van der Waals surface area contributed by atoms with Crippen LogP contribution < -0.4 is 11.1 Å². The molecule has 110 valence electrons. The highest BCUT2D eigenvalue weighted by molar-refractivity contribution is 6.35. The summed E-state index contributed by atoms with van der Waals surface area (Å²) in [6, 6.07) is 12.5. The van der Waals surface area contributed by atoms with E-state index in [1.807, 2.05) is 31.2 Å². The maximum Gasteiger partial charge on any atom is 0.225 e. The number of nitrogen functional groups attached to an aromatic ring is 1. The van der Waals surface area contributed by atoms with E-state index in [9.17, 15) is 4.79 Å². The van der Waals surface area contributed by atoms with Crippen LogP contribution in [-0.4, -0.2) is 5.91 Å². The van der Waals surface area contributed by atoms with Crippen molar-refractivity contribution in [2.24, 2.45) is 0 Å². The van der Waals surface area contributed by atoms with Crippen LogP contribution in [0.1, 0.15) is 24.8 Å². The highest BCUT2D eigenvalue weighted by Gasteiger charge is 2.13. The van der Waals surface area contributed by atoms with Gasteiger partial charge in [-0.2, -0.15) is 0 Å². The number of hydrogen-bond acceptors (Lipinski definition) is 2. The molecule has 21 heavy (non-hydrogen) atoms. The summed E-state index contributed by atoms with van der Waals surface area (Å²) in [4.78, 5) is 12.1. The van der Waals surface area contributed by atoms with Crippen LogP contribution in [0.15, 0.2) is 42.5 Å². The second-order valence-electron chi connectivity index (χ2n) is 4.94. The number of carbonyl (C=O) groups is 1. The highest BCUT2D eigenvalue weighted by Crippen LogP contribution is 2.26. The van der Waals surface area contributed by atoms with Crippen molar-refractivity contribution in [3.8, 4) is 0 Å². The van der Waals surface area contributed by atoms with Crippen LogP contribution in [0.3, 0.4) is 0 Å². The number of rotatable bonds is 4. The molecule has 3 N–H and O–H groups in total. The van der Waals surface area contributed by atoms with Gasteiger partial charge in [-0.1, -0.05) is 42.3 Å². The number of carbonyl (C=O) groups excluding carboxylic acids is 1. The lowest BCUT2D eigenvalue weighted by atomic mass is 9.97. The fraction of sp³-hybridized carbons (Fsp3) is 0.188. The van der Waals surface area contributed by atoms with E-state index in [1.54, 1.807) is 18.2 Å². The van der Waals surface area contributed by atoms with E-state index in [1.165, 1.54) is 0 Å². The summed E-state index contributed by atoms with van der Waals surface area (Å²) >= 11 is 11.9. The number of nitrogens with one attached hydrogen (secondary N) is 1. The molecular formula is C16H16Cl2N2O. The Balaban J connectivity index is 2.01. The average molecular weight is 323 g/mol. The molecule has 1 unspecified atom stereocenters. The first kappa shape index (κ1) is 15.7. The van der Waals surface area contributed by atoms with E-state index >= 15 is 0 Å². The third kappa shape index (κ3) is 4.38. The fourth-order valence-electron chi connectivity index (χ4n) is 2.02. The molecule has 0 aliphatic rings. The van der Waals surface area contributed by atoms with Crippen LogP contribution in [0, 0.1) is 0 Å². The first-order valence-corrected chi connectivity index (χ1v) is 7.31. The van der Waals surface area contributed by atoms with Gasteiger partial charge in [-0.05, 0) is 41.8 Å². The standard InChI is InChI=1S/C16H16Cl2N2O/c1-10(11-2-5-13(19)6-3-11)8-16(21)20-15-9-12(17)4-7-14(15)18/h2-7,9-10H,8,19H2,1H3,(H,20,21). The van der Waals surface area contributed by atoms with Gasteiger partial charge in [0.1, 0.15) is 0 Å². The van der Waals surface area contributed by atoms with Gasteiger partial charge in [0.2, 0.25) is 5.91 Å². The molecule has 2 rings (SSSR count). The van der Waals surface area contributed by atoms with E-state index in [-0.39, 0.29) is 11.8 Å². The minimum Gasteiger partial charge on any atom is -0.399 e. The molecule has 0 saturated carbocycles. The topological polar surface area (TPSA) is 55.1 Å². The van der Waals surface area contributed by atoms with Crippen LogP contribution in [0.2, 0.25) is 10.0 Å². The molecular weight excluding hydrogens is 307 g/mol. The molecule has 0 saturated heterocycles. The molecule has 2 aromatic rings. The molecule has 0 fully saturated rings. The highest BCUT2D eigenvalue weighted by atomic mass is 35.5. The molecule has 0 radical (unpaired) electrons. The summed E-state index contributed by atoms with van der Waals surface area (Å²) < 4.78 is 0. The van der Waals surface area contributed by atoms with Crippen LogP contribution in [0.25, 0.3) is 0 Å². The summed E-state index contributed by atoms with van der Waals surface area (Å²) in [6.07, 6.45) is 0.354. The predicted molar refractivity (Wildman–Crippen MR) is 89.0 cm³/mol. The van der Waals surface area contributed by atoms with Crippen molar-refractivity contribution in [2.75, 3.05) is 11.1 Å². The van der Waals surface area contributed by atoms with Crippen molar-refractivity contribution in [1.82, 2.24) is 0 Å². The monoisotopic (exact) mass is 322 g/mol. The van der Waals surface area contributed by atoms with E-state index in [0.29, 0.717) is 27.8 Å². The quantitative estimate of drug-likeness (QED) is 0.801. The maximum atomic E-state index is 12.1. The summed E-state index contributed by atoms with van der Waals surface area (Å²) in [5.41, 5.74) is 7.96. The van der Waals surface area contributed by atoms with Gasteiger partial charge < -0.3 is 11.1 Å². The van der Waals surface area contributed by atoms with E-state index in [4.69, 9.17) is 28.9 Å². The maximum absolute atomic E-state index is 12.1. The lowest BCUT2D eigenvalue weighted by molar-refractivity contribution is -0.116.